The van der Waals surface area contributed by atoms with Gasteiger partial charge in [0, 0.05) is 24.3 Å². The normalized spacial score (nSPS) is 11.1. The van der Waals surface area contributed by atoms with Gasteiger partial charge in [0.25, 0.3) is 0 Å². The smallest absolute Gasteiger partial charge is 0.193 e. The Morgan fingerprint density at radius 2 is 0.951 bits per heavy atom. The molecule has 0 saturated carbocycles. The number of benzene rings is 4. The Labute approximate surface area is 235 Å². The number of carbonyl (C=O) groups excluding carboxylic acids is 2. The van der Waals surface area contributed by atoms with Crippen LogP contribution in [0.1, 0.15) is 31.8 Å². The van der Waals surface area contributed by atoms with Gasteiger partial charge in [0.15, 0.2) is 11.6 Å². The highest BCUT2D eigenvalue weighted by Gasteiger charge is 2.20. The number of aromatic hydroxyl groups is 4. The minimum atomic E-state index is -0.526. The summed E-state index contributed by atoms with van der Waals surface area (Å²) < 4.78 is 16.4. The van der Waals surface area contributed by atoms with Gasteiger partial charge in [0.2, 0.25) is 0 Å². The molecular formula is C32H26O9. The molecular weight excluding hydrogens is 528 g/mol. The van der Waals surface area contributed by atoms with E-state index in [-0.39, 0.29) is 45.6 Å². The molecule has 0 unspecified atom stereocenters. The zero-order chi connectivity index (χ0) is 29.5. The lowest BCUT2D eigenvalue weighted by Crippen LogP contribution is -2.02. The number of phenolic OH excluding ortho intramolecular Hbond substituents is 4. The van der Waals surface area contributed by atoms with Gasteiger partial charge in [-0.05, 0) is 47.5 Å². The number of ketones is 2. The summed E-state index contributed by atoms with van der Waals surface area (Å²) in [7, 11) is 2.67. The van der Waals surface area contributed by atoms with E-state index < -0.39 is 23.1 Å². The van der Waals surface area contributed by atoms with Gasteiger partial charge in [0.1, 0.15) is 57.1 Å². The molecule has 41 heavy (non-hydrogen) atoms. The average molecular weight is 555 g/mol. The van der Waals surface area contributed by atoms with Crippen molar-refractivity contribution in [3.63, 3.8) is 0 Å². The molecule has 0 aliphatic heterocycles. The SMILES string of the molecule is COc1cc(Oc2cc(O)c(C(=O)C=Cc3ccc(O)cc3)c(OC)c2)cc(O)c1C(=O)C=Cc1ccc(O)cc1. The number of hydrogen-bond acceptors (Lipinski definition) is 9. The van der Waals surface area contributed by atoms with Crippen LogP contribution in [-0.4, -0.2) is 46.2 Å². The molecule has 0 spiro atoms. The van der Waals surface area contributed by atoms with Gasteiger partial charge in [-0.3, -0.25) is 9.59 Å². The van der Waals surface area contributed by atoms with E-state index in [9.17, 15) is 30.0 Å². The van der Waals surface area contributed by atoms with Gasteiger partial charge in [-0.2, -0.15) is 0 Å². The number of ether oxygens (including phenoxy) is 3. The lowest BCUT2D eigenvalue weighted by molar-refractivity contribution is 0.103. The van der Waals surface area contributed by atoms with Gasteiger partial charge >= 0.3 is 0 Å². The molecule has 4 N–H and O–H groups in total. The average Bonchev–Trinajstić information content (AvgIpc) is 2.95. The fourth-order valence-corrected chi connectivity index (χ4v) is 3.90. The maximum Gasteiger partial charge on any atom is 0.193 e. The van der Waals surface area contributed by atoms with Crippen molar-refractivity contribution in [1.82, 2.24) is 0 Å². The molecule has 4 aromatic carbocycles. The summed E-state index contributed by atoms with van der Waals surface area (Å²) in [6, 6.07) is 17.7. The lowest BCUT2D eigenvalue weighted by Gasteiger charge is -2.14. The van der Waals surface area contributed by atoms with Crippen LogP contribution >= 0.6 is 0 Å². The molecule has 0 amide bonds. The highest BCUT2D eigenvalue weighted by atomic mass is 16.5. The van der Waals surface area contributed by atoms with Crippen LogP contribution in [0.25, 0.3) is 12.2 Å². The fourth-order valence-electron chi connectivity index (χ4n) is 3.90. The summed E-state index contributed by atoms with van der Waals surface area (Å²) in [5, 5.41) is 40.1. The van der Waals surface area contributed by atoms with E-state index in [1.54, 1.807) is 24.3 Å². The van der Waals surface area contributed by atoms with Crippen molar-refractivity contribution in [3.8, 4) is 46.0 Å². The van der Waals surface area contributed by atoms with E-state index in [0.717, 1.165) is 0 Å². The predicted molar refractivity (Wildman–Crippen MR) is 152 cm³/mol. The monoisotopic (exact) mass is 554 g/mol. The number of phenols is 4. The van der Waals surface area contributed by atoms with Gasteiger partial charge in [-0.25, -0.2) is 0 Å². The Morgan fingerprint density at radius 3 is 1.29 bits per heavy atom. The molecule has 0 saturated heterocycles. The van der Waals surface area contributed by atoms with E-state index in [4.69, 9.17) is 14.2 Å². The van der Waals surface area contributed by atoms with Crippen LogP contribution in [-0.2, 0) is 0 Å². The molecule has 4 aromatic rings. The Morgan fingerprint density at radius 1 is 0.585 bits per heavy atom. The summed E-state index contributed by atoms with van der Waals surface area (Å²) in [6.45, 7) is 0. The summed E-state index contributed by atoms with van der Waals surface area (Å²) in [5.41, 5.74) is 1.16. The van der Waals surface area contributed by atoms with Crippen LogP contribution in [0.15, 0.2) is 84.9 Å². The molecule has 4 rings (SSSR count). The number of hydrogen-bond donors (Lipinski definition) is 4. The molecule has 208 valence electrons. The Kier molecular flexibility index (Phi) is 8.59. The second-order valence-electron chi connectivity index (χ2n) is 8.72. The molecule has 0 heterocycles. The summed E-state index contributed by atoms with van der Waals surface area (Å²) in [6.07, 6.45) is 5.59. The van der Waals surface area contributed by atoms with Gasteiger partial charge in [0.05, 0.1) is 14.2 Å². The van der Waals surface area contributed by atoms with E-state index in [1.807, 2.05) is 0 Å². The summed E-state index contributed by atoms with van der Waals surface area (Å²) >= 11 is 0. The molecule has 0 atom stereocenters. The second-order valence-corrected chi connectivity index (χ2v) is 8.72. The minimum Gasteiger partial charge on any atom is -0.508 e. The highest BCUT2D eigenvalue weighted by Crippen LogP contribution is 2.39. The van der Waals surface area contributed by atoms with Crippen LogP contribution in [0.5, 0.6) is 46.0 Å². The van der Waals surface area contributed by atoms with Crippen LogP contribution in [0, 0.1) is 0 Å². The summed E-state index contributed by atoms with van der Waals surface area (Å²) in [5.74, 6) is -1.40. The Bertz CT molecular complexity index is 1510. The van der Waals surface area contributed by atoms with Crippen molar-refractivity contribution >= 4 is 23.7 Å². The first-order valence-electron chi connectivity index (χ1n) is 12.2. The number of carbonyl (C=O) groups is 2. The first-order valence-corrected chi connectivity index (χ1v) is 12.2. The van der Waals surface area contributed by atoms with Crippen molar-refractivity contribution < 1.29 is 44.2 Å². The van der Waals surface area contributed by atoms with Crippen LogP contribution in [0.3, 0.4) is 0 Å². The van der Waals surface area contributed by atoms with Crippen molar-refractivity contribution in [1.29, 1.82) is 0 Å². The van der Waals surface area contributed by atoms with Gasteiger partial charge in [-0.1, -0.05) is 36.4 Å². The predicted octanol–water partition coefficient (Wildman–Crippen LogP) is 6.11. The number of methoxy groups -OCH3 is 2. The maximum atomic E-state index is 12.8. The summed E-state index contributed by atoms with van der Waals surface area (Å²) in [4.78, 5) is 25.7. The first-order chi connectivity index (χ1) is 19.7. The molecule has 0 fully saturated rings. The Balaban J connectivity index is 1.56. The molecule has 0 aliphatic rings. The minimum absolute atomic E-state index is 0.0442. The molecule has 0 aromatic heterocycles. The van der Waals surface area contributed by atoms with Crippen LogP contribution in [0.2, 0.25) is 0 Å². The standard InChI is InChI=1S/C32H26O9/c1-39-29-17-23(15-27(37)31(29)25(35)13-7-19-3-9-21(33)10-4-19)41-24-16-28(38)32(30(18-24)40-2)26(36)14-8-20-5-11-22(34)12-6-20/h3-18,33-34,37-38H,1-2H3. The topological polar surface area (TPSA) is 143 Å². The largest absolute Gasteiger partial charge is 0.508 e. The molecule has 0 radical (unpaired) electrons. The zero-order valence-electron chi connectivity index (χ0n) is 22.1. The highest BCUT2D eigenvalue weighted by molar-refractivity contribution is 6.11. The maximum absolute atomic E-state index is 12.8. The van der Waals surface area contributed by atoms with E-state index in [0.29, 0.717) is 11.1 Å². The molecule has 9 nitrogen and oxygen atoms in total. The molecule has 0 bridgehead atoms. The zero-order valence-corrected chi connectivity index (χ0v) is 22.1. The number of allylic oxidation sites excluding steroid dienone is 2. The van der Waals surface area contributed by atoms with Crippen molar-refractivity contribution in [2.75, 3.05) is 14.2 Å². The molecule has 0 aliphatic carbocycles. The molecule has 9 heteroatoms. The van der Waals surface area contributed by atoms with Crippen LogP contribution in [0.4, 0.5) is 0 Å². The van der Waals surface area contributed by atoms with E-state index in [2.05, 4.69) is 0 Å². The van der Waals surface area contributed by atoms with E-state index >= 15 is 0 Å². The van der Waals surface area contributed by atoms with Crippen molar-refractivity contribution in [2.24, 2.45) is 0 Å². The third-order valence-corrected chi connectivity index (χ3v) is 5.92. The van der Waals surface area contributed by atoms with Crippen LogP contribution < -0.4 is 14.2 Å². The quantitative estimate of drug-likeness (QED) is 0.135. The van der Waals surface area contributed by atoms with Gasteiger partial charge < -0.3 is 34.6 Å². The third kappa shape index (κ3) is 6.85. The van der Waals surface area contributed by atoms with Crippen molar-refractivity contribution in [2.45, 2.75) is 0 Å². The van der Waals surface area contributed by atoms with Crippen molar-refractivity contribution in [3.05, 3.63) is 107 Å². The Hall–Kier alpha value is -5.70. The fraction of sp³-hybridized carbons (Fsp3) is 0.0625. The number of rotatable bonds is 10. The lowest BCUT2D eigenvalue weighted by atomic mass is 10.1. The third-order valence-electron chi connectivity index (χ3n) is 5.92. The van der Waals surface area contributed by atoms with Gasteiger partial charge in [-0.15, -0.1) is 0 Å². The van der Waals surface area contributed by atoms with E-state index in [1.165, 1.54) is 87.1 Å². The first kappa shape index (κ1) is 28.3. The second kappa shape index (κ2) is 12.4.